The summed E-state index contributed by atoms with van der Waals surface area (Å²) < 4.78 is 41.8. The first kappa shape index (κ1) is 18.0. The monoisotopic (exact) mass is 382 g/mol. The summed E-state index contributed by atoms with van der Waals surface area (Å²) in [4.78, 5) is 18.8. The Morgan fingerprint density at radius 1 is 1.50 bits per heavy atom. The van der Waals surface area contributed by atoms with Crippen molar-refractivity contribution in [2.75, 3.05) is 18.9 Å². The zero-order valence-electron chi connectivity index (χ0n) is 13.3. The molecule has 0 aromatic carbocycles. The van der Waals surface area contributed by atoms with Crippen LogP contribution in [0.25, 0.3) is 0 Å². The molecule has 0 spiro atoms. The molecule has 0 aliphatic carbocycles. The maximum absolute atomic E-state index is 12.7. The van der Waals surface area contributed by atoms with Crippen LogP contribution in [0.2, 0.25) is 0 Å². The minimum Gasteiger partial charge on any atom is -0.467 e. The van der Waals surface area contributed by atoms with Crippen LogP contribution in [-0.4, -0.2) is 35.1 Å². The lowest BCUT2D eigenvalue weighted by molar-refractivity contribution is -0.154. The van der Waals surface area contributed by atoms with Crippen LogP contribution in [0.5, 0.6) is 5.88 Å². The number of aromatic nitrogens is 1. The summed E-state index contributed by atoms with van der Waals surface area (Å²) in [6.45, 7) is -0.968. The van der Waals surface area contributed by atoms with Crippen molar-refractivity contribution in [3.63, 3.8) is 0 Å². The maximum atomic E-state index is 12.7. The van der Waals surface area contributed by atoms with Crippen molar-refractivity contribution in [1.82, 2.24) is 9.88 Å². The van der Waals surface area contributed by atoms with E-state index in [1.165, 1.54) is 34.6 Å². The zero-order valence-corrected chi connectivity index (χ0v) is 14.2. The van der Waals surface area contributed by atoms with Gasteiger partial charge in [-0.15, -0.1) is 11.3 Å². The Kier molecular flexibility index (Phi) is 4.73. The zero-order chi connectivity index (χ0) is 18.9. The molecular weight excluding hydrogens is 369 g/mol. The van der Waals surface area contributed by atoms with Crippen molar-refractivity contribution in [2.45, 2.75) is 19.1 Å². The molecule has 1 aliphatic rings. The molecule has 26 heavy (non-hydrogen) atoms. The predicted molar refractivity (Wildman–Crippen MR) is 87.7 cm³/mol. The van der Waals surface area contributed by atoms with Crippen molar-refractivity contribution in [2.24, 2.45) is 0 Å². The van der Waals surface area contributed by atoms with Gasteiger partial charge in [0.05, 0.1) is 12.1 Å². The van der Waals surface area contributed by atoms with Gasteiger partial charge >= 0.3 is 6.18 Å². The lowest BCUT2D eigenvalue weighted by Crippen LogP contribution is -2.36. The standard InChI is InChI=1S/C16H13F3N4O2S/c17-16(18,19)8-25-14-10(2-1-4-22-14)15(24)23-5-3-9-11(6-20)13(21)26-12(9)7-23/h1-2,4H,3,5,7-8,21H2. The molecule has 6 nitrogen and oxygen atoms in total. The third kappa shape index (κ3) is 3.57. The Hall–Kier alpha value is -2.80. The lowest BCUT2D eigenvalue weighted by Gasteiger charge is -2.27. The van der Waals surface area contributed by atoms with Gasteiger partial charge in [-0.2, -0.15) is 18.4 Å². The van der Waals surface area contributed by atoms with Crippen molar-refractivity contribution >= 4 is 22.2 Å². The number of carbonyl (C=O) groups is 1. The Morgan fingerprint density at radius 3 is 2.96 bits per heavy atom. The van der Waals surface area contributed by atoms with Crippen LogP contribution in [0.15, 0.2) is 18.3 Å². The lowest BCUT2D eigenvalue weighted by atomic mass is 10.0. The number of nitrogens with zero attached hydrogens (tertiary/aromatic N) is 3. The number of carbonyl (C=O) groups excluding carboxylic acids is 1. The number of fused-ring (bicyclic) bond motifs is 1. The molecule has 0 bridgehead atoms. The summed E-state index contributed by atoms with van der Waals surface area (Å²) in [6, 6.07) is 4.90. The molecular formula is C16H13F3N4O2S. The molecule has 0 atom stereocenters. The number of nitriles is 1. The second kappa shape index (κ2) is 6.84. The third-order valence-electron chi connectivity index (χ3n) is 3.86. The molecule has 2 aromatic rings. The van der Waals surface area contributed by atoms with Gasteiger partial charge < -0.3 is 15.4 Å². The van der Waals surface area contributed by atoms with Gasteiger partial charge in [-0.05, 0) is 24.1 Å². The molecule has 0 saturated carbocycles. The average Bonchev–Trinajstić information content (AvgIpc) is 2.93. The van der Waals surface area contributed by atoms with Gasteiger partial charge in [-0.1, -0.05) is 0 Å². The highest BCUT2D eigenvalue weighted by Crippen LogP contribution is 2.35. The van der Waals surface area contributed by atoms with Crippen LogP contribution >= 0.6 is 11.3 Å². The Labute approximate surface area is 150 Å². The van der Waals surface area contributed by atoms with Crippen molar-refractivity contribution in [1.29, 1.82) is 5.26 Å². The average molecular weight is 382 g/mol. The number of hydrogen-bond donors (Lipinski definition) is 1. The topological polar surface area (TPSA) is 92.2 Å². The van der Waals surface area contributed by atoms with Crippen LogP contribution in [0.1, 0.15) is 26.4 Å². The Bertz CT molecular complexity index is 889. The van der Waals surface area contributed by atoms with E-state index in [1.807, 2.05) is 0 Å². The number of alkyl halides is 3. The van der Waals surface area contributed by atoms with Gasteiger partial charge in [-0.3, -0.25) is 4.79 Å². The second-order valence-electron chi connectivity index (χ2n) is 5.59. The van der Waals surface area contributed by atoms with Crippen LogP contribution in [0, 0.1) is 11.3 Å². The number of ether oxygens (including phenoxy) is 1. The van der Waals surface area contributed by atoms with E-state index in [2.05, 4.69) is 15.8 Å². The van der Waals surface area contributed by atoms with E-state index in [1.54, 1.807) is 0 Å². The smallest absolute Gasteiger partial charge is 0.422 e. The molecule has 0 fully saturated rings. The predicted octanol–water partition coefficient (Wildman–Crippen LogP) is 2.74. The third-order valence-corrected chi connectivity index (χ3v) is 4.90. The van der Waals surface area contributed by atoms with Gasteiger partial charge in [0.1, 0.15) is 16.6 Å². The molecule has 2 N–H and O–H groups in total. The summed E-state index contributed by atoms with van der Waals surface area (Å²) in [5.41, 5.74) is 7.06. The fraction of sp³-hybridized carbons (Fsp3) is 0.312. The van der Waals surface area contributed by atoms with E-state index in [0.717, 1.165) is 10.4 Å². The second-order valence-corrected chi connectivity index (χ2v) is 6.73. The minimum absolute atomic E-state index is 0.0368. The van der Waals surface area contributed by atoms with Crippen LogP contribution in [-0.2, 0) is 13.0 Å². The Morgan fingerprint density at radius 2 is 2.27 bits per heavy atom. The number of anilines is 1. The molecule has 1 amide bonds. The highest BCUT2D eigenvalue weighted by Gasteiger charge is 2.31. The molecule has 3 rings (SSSR count). The van der Waals surface area contributed by atoms with Gasteiger partial charge in [0.25, 0.3) is 5.91 Å². The van der Waals surface area contributed by atoms with Gasteiger partial charge in [0, 0.05) is 17.6 Å². The highest BCUT2D eigenvalue weighted by atomic mass is 32.1. The van der Waals surface area contributed by atoms with Crippen molar-refractivity contribution in [3.8, 4) is 11.9 Å². The van der Waals surface area contributed by atoms with Crippen molar-refractivity contribution in [3.05, 3.63) is 39.9 Å². The molecule has 2 aromatic heterocycles. The van der Waals surface area contributed by atoms with Gasteiger partial charge in [0.15, 0.2) is 6.61 Å². The molecule has 0 saturated heterocycles. The van der Waals surface area contributed by atoms with Crippen molar-refractivity contribution < 1.29 is 22.7 Å². The molecule has 3 heterocycles. The number of rotatable bonds is 3. The van der Waals surface area contributed by atoms with E-state index in [9.17, 15) is 18.0 Å². The number of nitrogen functional groups attached to an aromatic ring is 1. The van der Waals surface area contributed by atoms with E-state index in [-0.39, 0.29) is 18.0 Å². The number of thiophene rings is 1. The summed E-state index contributed by atoms with van der Waals surface area (Å²) in [6.07, 6.45) is -2.81. The molecule has 0 radical (unpaired) electrons. The quantitative estimate of drug-likeness (QED) is 0.881. The highest BCUT2D eigenvalue weighted by molar-refractivity contribution is 7.16. The first-order chi connectivity index (χ1) is 12.3. The normalized spacial score (nSPS) is 13.8. The first-order valence-corrected chi connectivity index (χ1v) is 8.35. The molecule has 10 heteroatoms. The van der Waals surface area contributed by atoms with Gasteiger partial charge in [-0.25, -0.2) is 4.98 Å². The molecule has 0 unspecified atom stereocenters. The summed E-state index contributed by atoms with van der Waals surface area (Å²) in [5.74, 6) is -0.838. The Balaban J connectivity index is 1.81. The van der Waals surface area contributed by atoms with E-state index < -0.39 is 18.7 Å². The first-order valence-electron chi connectivity index (χ1n) is 7.54. The summed E-state index contributed by atoms with van der Waals surface area (Å²) in [5, 5.41) is 9.56. The number of nitrogens with two attached hydrogens (primary N) is 1. The van der Waals surface area contributed by atoms with Crippen LogP contribution < -0.4 is 10.5 Å². The fourth-order valence-corrected chi connectivity index (χ4v) is 3.79. The van der Waals surface area contributed by atoms with Gasteiger partial charge in [0.2, 0.25) is 5.88 Å². The number of halogens is 3. The number of amides is 1. The summed E-state index contributed by atoms with van der Waals surface area (Å²) in [7, 11) is 0. The van der Waals surface area contributed by atoms with Crippen LogP contribution in [0.4, 0.5) is 18.2 Å². The van der Waals surface area contributed by atoms with E-state index in [4.69, 9.17) is 11.0 Å². The fourth-order valence-electron chi connectivity index (χ4n) is 2.71. The molecule has 1 aliphatic heterocycles. The largest absolute Gasteiger partial charge is 0.467 e. The van der Waals surface area contributed by atoms with E-state index >= 15 is 0 Å². The summed E-state index contributed by atoms with van der Waals surface area (Å²) >= 11 is 1.24. The SMILES string of the molecule is N#Cc1c(N)sc2c1CCN(C(=O)c1cccnc1OCC(F)(F)F)C2. The number of hydrogen-bond acceptors (Lipinski definition) is 6. The molecule has 136 valence electrons. The van der Waals surface area contributed by atoms with E-state index in [0.29, 0.717) is 23.5 Å². The minimum atomic E-state index is -4.53. The maximum Gasteiger partial charge on any atom is 0.422 e. The number of pyridine rings is 1. The van der Waals surface area contributed by atoms with Crippen LogP contribution in [0.3, 0.4) is 0 Å².